The van der Waals surface area contributed by atoms with E-state index in [-0.39, 0.29) is 0 Å². The molecule has 1 nitrogen and oxygen atoms in total. The first-order chi connectivity index (χ1) is 6.09. The van der Waals surface area contributed by atoms with Gasteiger partial charge in [-0.15, -0.1) is 0 Å². The number of carbonyl (C=O) groups excluding carboxylic acids is 1. The number of rotatable bonds is 0. The lowest BCUT2D eigenvalue weighted by Gasteiger charge is -2.38. The molecule has 0 aromatic rings. The van der Waals surface area contributed by atoms with Gasteiger partial charge in [0.1, 0.15) is 5.78 Å². The van der Waals surface area contributed by atoms with E-state index >= 15 is 0 Å². The second kappa shape index (κ2) is 2.02. The van der Waals surface area contributed by atoms with Crippen molar-refractivity contribution in [3.63, 3.8) is 0 Å². The summed E-state index contributed by atoms with van der Waals surface area (Å²) in [5.74, 6) is 1.86. The molecule has 3 fully saturated rings. The van der Waals surface area contributed by atoms with E-state index in [9.17, 15) is 4.79 Å². The molecule has 0 aromatic heterocycles. The van der Waals surface area contributed by atoms with E-state index in [0.717, 1.165) is 12.3 Å². The molecule has 0 unspecified atom stereocenters. The van der Waals surface area contributed by atoms with E-state index in [4.69, 9.17) is 0 Å². The number of Topliss-reactive ketones (excluding diaryl/α,β-unsaturated/α-hetero) is 1. The highest BCUT2D eigenvalue weighted by molar-refractivity contribution is 5.89. The maximum atomic E-state index is 11.7. The molecule has 1 spiro atoms. The lowest BCUT2D eigenvalue weighted by atomic mass is 9.66. The molecule has 0 N–H and O–H groups in total. The molecule has 3 saturated carbocycles. The summed E-state index contributed by atoms with van der Waals surface area (Å²) in [5.41, 5.74) is 0.926. The van der Waals surface area contributed by atoms with Crippen LogP contribution in [0.1, 0.15) is 46.0 Å². The third kappa shape index (κ3) is 0.693. The standard InChI is InChI=1S/C12H18O/c1-11(2)6-3-4-8-10-9(13)5-7-12(8,10)11/h8,10H,3-7H2,1-2H3/t8-,10+,12+/m0/s1. The molecule has 3 aliphatic rings. The van der Waals surface area contributed by atoms with E-state index in [2.05, 4.69) is 13.8 Å². The molecule has 3 atom stereocenters. The topological polar surface area (TPSA) is 17.1 Å². The van der Waals surface area contributed by atoms with Crippen molar-refractivity contribution in [2.24, 2.45) is 22.7 Å². The fourth-order valence-corrected chi connectivity index (χ4v) is 4.54. The lowest BCUT2D eigenvalue weighted by molar-refractivity contribution is -0.119. The first kappa shape index (κ1) is 8.02. The maximum absolute atomic E-state index is 11.7. The minimum absolute atomic E-state index is 0.451. The van der Waals surface area contributed by atoms with Gasteiger partial charge < -0.3 is 0 Å². The van der Waals surface area contributed by atoms with Crippen LogP contribution in [0.4, 0.5) is 0 Å². The van der Waals surface area contributed by atoms with Gasteiger partial charge >= 0.3 is 0 Å². The van der Waals surface area contributed by atoms with Gasteiger partial charge in [0.2, 0.25) is 0 Å². The number of fused-ring (bicyclic) bond motifs is 1. The number of hydrogen-bond donors (Lipinski definition) is 0. The molecule has 0 aliphatic heterocycles. The third-order valence-corrected chi connectivity index (χ3v) is 5.22. The van der Waals surface area contributed by atoms with E-state index in [0.29, 0.717) is 22.5 Å². The highest BCUT2D eigenvalue weighted by atomic mass is 16.1. The van der Waals surface area contributed by atoms with Crippen molar-refractivity contribution in [2.75, 3.05) is 0 Å². The van der Waals surface area contributed by atoms with Gasteiger partial charge in [0.25, 0.3) is 0 Å². The van der Waals surface area contributed by atoms with Gasteiger partial charge in [0.15, 0.2) is 0 Å². The molecule has 3 aliphatic carbocycles. The Kier molecular flexibility index (Phi) is 1.24. The number of hydrogen-bond acceptors (Lipinski definition) is 1. The summed E-state index contributed by atoms with van der Waals surface area (Å²) in [6.45, 7) is 4.77. The first-order valence-corrected chi connectivity index (χ1v) is 5.62. The van der Waals surface area contributed by atoms with Crippen LogP contribution in [0.2, 0.25) is 0 Å². The third-order valence-electron chi connectivity index (χ3n) is 5.22. The van der Waals surface area contributed by atoms with E-state index < -0.39 is 0 Å². The zero-order valence-corrected chi connectivity index (χ0v) is 8.60. The van der Waals surface area contributed by atoms with E-state index in [1.54, 1.807) is 0 Å². The summed E-state index contributed by atoms with van der Waals surface area (Å²) in [6, 6.07) is 0. The van der Waals surface area contributed by atoms with Crippen LogP contribution in [0.3, 0.4) is 0 Å². The maximum Gasteiger partial charge on any atom is 0.136 e. The Morgan fingerprint density at radius 1 is 1.31 bits per heavy atom. The molecule has 0 bridgehead atoms. The summed E-state index contributed by atoms with van der Waals surface area (Å²) in [4.78, 5) is 11.7. The molecule has 0 aromatic carbocycles. The van der Waals surface area contributed by atoms with Gasteiger partial charge in [-0.3, -0.25) is 4.79 Å². The van der Waals surface area contributed by atoms with E-state index in [1.165, 1.54) is 25.7 Å². The summed E-state index contributed by atoms with van der Waals surface area (Å²) < 4.78 is 0. The molecule has 13 heavy (non-hydrogen) atoms. The molecule has 0 radical (unpaired) electrons. The summed E-state index contributed by atoms with van der Waals surface area (Å²) >= 11 is 0. The Labute approximate surface area is 79.9 Å². The van der Waals surface area contributed by atoms with Crippen LogP contribution < -0.4 is 0 Å². The van der Waals surface area contributed by atoms with Crippen LogP contribution in [-0.2, 0) is 4.79 Å². The van der Waals surface area contributed by atoms with Crippen molar-refractivity contribution in [1.29, 1.82) is 0 Å². The molecular weight excluding hydrogens is 160 g/mol. The molecule has 1 heteroatoms. The van der Waals surface area contributed by atoms with Crippen LogP contribution in [-0.4, -0.2) is 5.78 Å². The van der Waals surface area contributed by atoms with Crippen LogP contribution in [0.25, 0.3) is 0 Å². The first-order valence-electron chi connectivity index (χ1n) is 5.62. The van der Waals surface area contributed by atoms with Crippen molar-refractivity contribution in [3.05, 3.63) is 0 Å². The summed E-state index contributed by atoms with van der Waals surface area (Å²) in [7, 11) is 0. The summed E-state index contributed by atoms with van der Waals surface area (Å²) in [6.07, 6.45) is 6.11. The quantitative estimate of drug-likeness (QED) is 0.557. The molecule has 72 valence electrons. The molecule has 0 heterocycles. The highest BCUT2D eigenvalue weighted by Gasteiger charge is 2.76. The van der Waals surface area contributed by atoms with Gasteiger partial charge in [0, 0.05) is 12.3 Å². The molecule has 0 amide bonds. The second-order valence-corrected chi connectivity index (χ2v) is 5.87. The smallest absolute Gasteiger partial charge is 0.136 e. The largest absolute Gasteiger partial charge is 0.299 e. The van der Waals surface area contributed by atoms with Gasteiger partial charge in [-0.25, -0.2) is 0 Å². The Morgan fingerprint density at radius 2 is 2.08 bits per heavy atom. The predicted molar refractivity (Wildman–Crippen MR) is 51.3 cm³/mol. The summed E-state index contributed by atoms with van der Waals surface area (Å²) in [5, 5.41) is 0. The number of carbonyl (C=O) groups is 1. The normalized spacial score (nSPS) is 51.4. The Bertz CT molecular complexity index is 279. The van der Waals surface area contributed by atoms with Crippen molar-refractivity contribution >= 4 is 5.78 Å². The Hall–Kier alpha value is -0.330. The lowest BCUT2D eigenvalue weighted by Crippen LogP contribution is -2.30. The average Bonchev–Trinajstić information content (AvgIpc) is 2.59. The minimum atomic E-state index is 0.451. The van der Waals surface area contributed by atoms with Crippen molar-refractivity contribution in [3.8, 4) is 0 Å². The van der Waals surface area contributed by atoms with Crippen LogP contribution >= 0.6 is 0 Å². The Balaban J connectivity index is 2.02. The fourth-order valence-electron chi connectivity index (χ4n) is 4.54. The van der Waals surface area contributed by atoms with E-state index in [1.807, 2.05) is 0 Å². The van der Waals surface area contributed by atoms with Gasteiger partial charge in [-0.2, -0.15) is 0 Å². The minimum Gasteiger partial charge on any atom is -0.299 e. The fraction of sp³-hybridized carbons (Fsp3) is 0.917. The molecular formula is C12H18O. The van der Waals surface area contributed by atoms with Gasteiger partial charge in [-0.05, 0) is 36.0 Å². The monoisotopic (exact) mass is 178 g/mol. The van der Waals surface area contributed by atoms with Gasteiger partial charge in [0.05, 0.1) is 0 Å². The Morgan fingerprint density at radius 3 is 2.77 bits per heavy atom. The van der Waals surface area contributed by atoms with Crippen molar-refractivity contribution in [2.45, 2.75) is 46.0 Å². The second-order valence-electron chi connectivity index (χ2n) is 5.87. The van der Waals surface area contributed by atoms with Crippen molar-refractivity contribution in [1.82, 2.24) is 0 Å². The molecule has 3 rings (SSSR count). The van der Waals surface area contributed by atoms with Gasteiger partial charge in [-0.1, -0.05) is 20.3 Å². The SMILES string of the molecule is CC1(C)CCC[C@H]2[C@@H]3C(=O)CC[C@@]231. The zero-order valence-electron chi connectivity index (χ0n) is 8.60. The molecule has 0 saturated heterocycles. The van der Waals surface area contributed by atoms with Crippen LogP contribution in [0.15, 0.2) is 0 Å². The van der Waals surface area contributed by atoms with Crippen LogP contribution in [0, 0.1) is 22.7 Å². The average molecular weight is 178 g/mol. The highest BCUT2D eigenvalue weighted by Crippen LogP contribution is 2.78. The zero-order chi connectivity index (χ0) is 9.27. The number of ketones is 1. The van der Waals surface area contributed by atoms with Crippen LogP contribution in [0.5, 0.6) is 0 Å². The van der Waals surface area contributed by atoms with Crippen molar-refractivity contribution < 1.29 is 4.79 Å². The predicted octanol–water partition coefficient (Wildman–Crippen LogP) is 2.79.